The highest BCUT2D eigenvalue weighted by Gasteiger charge is 2.19. The van der Waals surface area contributed by atoms with Crippen LogP contribution < -0.4 is 10.1 Å². The molecule has 1 aromatic rings. The van der Waals surface area contributed by atoms with Crippen molar-refractivity contribution in [3.05, 3.63) is 18.0 Å². The lowest BCUT2D eigenvalue weighted by atomic mass is 10.1. The number of hydrogen-bond acceptors (Lipinski definition) is 5. The molecule has 2 unspecified atom stereocenters. The van der Waals surface area contributed by atoms with Crippen LogP contribution in [0.1, 0.15) is 38.8 Å². The van der Waals surface area contributed by atoms with Crippen molar-refractivity contribution in [2.75, 3.05) is 20.3 Å². The van der Waals surface area contributed by atoms with Gasteiger partial charge in [0.15, 0.2) is 0 Å². The Hall–Kier alpha value is -1.20. The third-order valence-electron chi connectivity index (χ3n) is 2.70. The van der Waals surface area contributed by atoms with Crippen LogP contribution in [-0.2, 0) is 4.74 Å². The van der Waals surface area contributed by atoms with Crippen molar-refractivity contribution in [2.24, 2.45) is 0 Å². The second-order valence-corrected chi connectivity index (χ2v) is 4.10. The van der Waals surface area contributed by atoms with Gasteiger partial charge in [-0.1, -0.05) is 6.92 Å². The van der Waals surface area contributed by atoms with Gasteiger partial charge in [0, 0.05) is 24.6 Å². The van der Waals surface area contributed by atoms with Crippen LogP contribution in [0.3, 0.4) is 0 Å². The van der Waals surface area contributed by atoms with Crippen molar-refractivity contribution in [2.45, 2.75) is 39.3 Å². The molecular formula is C13H23N3O2. The molecule has 0 aromatic carbocycles. The summed E-state index contributed by atoms with van der Waals surface area (Å²) in [5.41, 5.74) is 1.02. The number of nitrogens with one attached hydrogen (secondary N) is 1. The molecule has 0 aliphatic heterocycles. The Morgan fingerprint density at radius 2 is 1.94 bits per heavy atom. The third kappa shape index (κ3) is 4.23. The van der Waals surface area contributed by atoms with E-state index in [0.717, 1.165) is 18.5 Å². The zero-order chi connectivity index (χ0) is 13.4. The van der Waals surface area contributed by atoms with Gasteiger partial charge in [-0.05, 0) is 26.8 Å². The summed E-state index contributed by atoms with van der Waals surface area (Å²) in [5.74, 6) is 0. The maximum absolute atomic E-state index is 5.66. The average molecular weight is 253 g/mol. The summed E-state index contributed by atoms with van der Waals surface area (Å²) < 4.78 is 10.6. The van der Waals surface area contributed by atoms with Gasteiger partial charge in [0.05, 0.1) is 19.3 Å². The second kappa shape index (κ2) is 8.00. The molecule has 1 N–H and O–H groups in total. The molecule has 0 saturated heterocycles. The highest BCUT2D eigenvalue weighted by Crippen LogP contribution is 2.18. The number of nitrogens with zero attached hydrogens (tertiary/aromatic N) is 2. The van der Waals surface area contributed by atoms with Crippen molar-refractivity contribution in [1.29, 1.82) is 0 Å². The molecule has 0 bridgehead atoms. The zero-order valence-electron chi connectivity index (χ0n) is 11.6. The Morgan fingerprint density at radius 1 is 1.28 bits per heavy atom. The molecule has 0 spiro atoms. The Kier molecular flexibility index (Phi) is 6.60. The van der Waals surface area contributed by atoms with Gasteiger partial charge < -0.3 is 14.8 Å². The fourth-order valence-corrected chi connectivity index (χ4v) is 1.81. The molecule has 0 aliphatic rings. The minimum atomic E-state index is 0.0820. The largest absolute Gasteiger partial charge is 0.467 e. The van der Waals surface area contributed by atoms with Gasteiger partial charge >= 0.3 is 6.01 Å². The molecule has 0 radical (unpaired) electrons. The van der Waals surface area contributed by atoms with Crippen LogP contribution in [0.25, 0.3) is 0 Å². The number of aromatic nitrogens is 2. The van der Waals surface area contributed by atoms with E-state index in [1.165, 1.54) is 0 Å². The highest BCUT2D eigenvalue weighted by molar-refractivity contribution is 5.14. The number of methoxy groups -OCH3 is 1. The average Bonchev–Trinajstić information content (AvgIpc) is 2.40. The Morgan fingerprint density at radius 3 is 2.44 bits per heavy atom. The highest BCUT2D eigenvalue weighted by atomic mass is 16.5. The topological polar surface area (TPSA) is 56.3 Å². The SMILES string of the molecule is CCCNC(c1cnc(OC)nc1)C(C)OCC. The molecule has 1 heterocycles. The maximum Gasteiger partial charge on any atom is 0.316 e. The molecule has 0 fully saturated rings. The third-order valence-corrected chi connectivity index (χ3v) is 2.70. The molecule has 2 atom stereocenters. The Labute approximate surface area is 109 Å². The van der Waals surface area contributed by atoms with E-state index in [1.54, 1.807) is 19.5 Å². The fraction of sp³-hybridized carbons (Fsp3) is 0.692. The summed E-state index contributed by atoms with van der Waals surface area (Å²) in [6.45, 7) is 7.83. The molecule has 5 nitrogen and oxygen atoms in total. The van der Waals surface area contributed by atoms with Crippen LogP contribution in [0.2, 0.25) is 0 Å². The first-order valence-electron chi connectivity index (χ1n) is 6.43. The predicted molar refractivity (Wildman–Crippen MR) is 70.7 cm³/mol. The summed E-state index contributed by atoms with van der Waals surface area (Å²) in [4.78, 5) is 8.28. The van der Waals surface area contributed by atoms with Crippen LogP contribution in [0.5, 0.6) is 6.01 Å². The van der Waals surface area contributed by atoms with E-state index in [2.05, 4.69) is 29.1 Å². The molecule has 1 aromatic heterocycles. The van der Waals surface area contributed by atoms with Crippen LogP contribution in [-0.4, -0.2) is 36.3 Å². The van der Waals surface area contributed by atoms with Gasteiger partial charge in [-0.3, -0.25) is 0 Å². The lowest BCUT2D eigenvalue weighted by Crippen LogP contribution is -2.32. The van der Waals surface area contributed by atoms with Gasteiger partial charge in [0.2, 0.25) is 0 Å². The Bertz CT molecular complexity index is 330. The van der Waals surface area contributed by atoms with Gasteiger partial charge in [0.1, 0.15) is 0 Å². The van der Waals surface area contributed by atoms with Crippen LogP contribution >= 0.6 is 0 Å². The van der Waals surface area contributed by atoms with Crippen LogP contribution in [0.15, 0.2) is 12.4 Å². The molecule has 18 heavy (non-hydrogen) atoms. The van der Waals surface area contributed by atoms with Crippen molar-refractivity contribution in [3.8, 4) is 6.01 Å². The smallest absolute Gasteiger partial charge is 0.316 e. The van der Waals surface area contributed by atoms with E-state index < -0.39 is 0 Å². The van der Waals surface area contributed by atoms with E-state index >= 15 is 0 Å². The van der Waals surface area contributed by atoms with Gasteiger partial charge in [-0.25, -0.2) is 9.97 Å². The zero-order valence-corrected chi connectivity index (χ0v) is 11.6. The maximum atomic E-state index is 5.66. The molecule has 0 saturated carbocycles. The quantitative estimate of drug-likeness (QED) is 0.767. The van der Waals surface area contributed by atoms with Crippen LogP contribution in [0, 0.1) is 0 Å². The fourth-order valence-electron chi connectivity index (χ4n) is 1.81. The minimum absolute atomic E-state index is 0.0820. The monoisotopic (exact) mass is 253 g/mol. The first kappa shape index (κ1) is 14.9. The molecule has 0 aliphatic carbocycles. The summed E-state index contributed by atoms with van der Waals surface area (Å²) in [6.07, 6.45) is 4.73. The molecular weight excluding hydrogens is 230 g/mol. The van der Waals surface area contributed by atoms with E-state index in [0.29, 0.717) is 12.6 Å². The summed E-state index contributed by atoms with van der Waals surface area (Å²) in [6, 6.07) is 0.493. The van der Waals surface area contributed by atoms with E-state index in [9.17, 15) is 0 Å². The van der Waals surface area contributed by atoms with E-state index in [-0.39, 0.29) is 12.1 Å². The number of hydrogen-bond donors (Lipinski definition) is 1. The second-order valence-electron chi connectivity index (χ2n) is 4.10. The van der Waals surface area contributed by atoms with Crippen molar-refractivity contribution in [3.63, 3.8) is 0 Å². The van der Waals surface area contributed by atoms with Crippen molar-refractivity contribution < 1.29 is 9.47 Å². The predicted octanol–water partition coefficient (Wildman–Crippen LogP) is 1.95. The van der Waals surface area contributed by atoms with Gasteiger partial charge in [-0.2, -0.15) is 0 Å². The first-order chi connectivity index (χ1) is 8.72. The normalized spacial score (nSPS) is 14.2. The number of rotatable bonds is 8. The summed E-state index contributed by atoms with van der Waals surface area (Å²) in [5, 5.41) is 3.46. The number of ether oxygens (including phenoxy) is 2. The molecule has 5 heteroatoms. The van der Waals surface area contributed by atoms with E-state index in [1.807, 2.05) is 6.92 Å². The van der Waals surface area contributed by atoms with Gasteiger partial charge in [-0.15, -0.1) is 0 Å². The molecule has 102 valence electrons. The van der Waals surface area contributed by atoms with Crippen molar-refractivity contribution in [1.82, 2.24) is 15.3 Å². The Balaban J connectivity index is 2.79. The molecule has 0 amide bonds. The molecule has 1 rings (SSSR count). The van der Waals surface area contributed by atoms with Gasteiger partial charge in [0.25, 0.3) is 0 Å². The summed E-state index contributed by atoms with van der Waals surface area (Å²) >= 11 is 0. The standard InChI is InChI=1S/C13H23N3O2/c1-5-7-14-12(10(3)18-6-2)11-8-15-13(17-4)16-9-11/h8-10,12,14H,5-7H2,1-4H3. The summed E-state index contributed by atoms with van der Waals surface area (Å²) in [7, 11) is 1.56. The lowest BCUT2D eigenvalue weighted by molar-refractivity contribution is 0.0470. The van der Waals surface area contributed by atoms with Crippen molar-refractivity contribution >= 4 is 0 Å². The van der Waals surface area contributed by atoms with E-state index in [4.69, 9.17) is 9.47 Å². The van der Waals surface area contributed by atoms with Crippen LogP contribution in [0.4, 0.5) is 0 Å². The minimum Gasteiger partial charge on any atom is -0.467 e. The first-order valence-corrected chi connectivity index (χ1v) is 6.43. The lowest BCUT2D eigenvalue weighted by Gasteiger charge is -2.25.